The number of nitrogen functional groups attached to an aromatic ring is 1. The number of halogens is 1. The Morgan fingerprint density at radius 1 is 1.41 bits per heavy atom. The van der Waals surface area contributed by atoms with Gasteiger partial charge in [0.2, 0.25) is 0 Å². The monoisotopic (exact) mass is 231 g/mol. The Bertz CT molecular complexity index is 598. The molecule has 0 radical (unpaired) electrons. The van der Waals surface area contributed by atoms with E-state index < -0.39 is 0 Å². The molecule has 86 valence electrons. The molecule has 0 aliphatic heterocycles. The average molecular weight is 231 g/mol. The van der Waals surface area contributed by atoms with Gasteiger partial charge in [0, 0.05) is 5.56 Å². The van der Waals surface area contributed by atoms with Crippen LogP contribution < -0.4 is 10.5 Å². The van der Waals surface area contributed by atoms with Gasteiger partial charge in [0.25, 0.3) is 0 Å². The molecular weight excluding hydrogens is 221 g/mol. The van der Waals surface area contributed by atoms with E-state index in [1.165, 1.54) is 25.3 Å². The fourth-order valence-electron chi connectivity index (χ4n) is 1.60. The van der Waals surface area contributed by atoms with Crippen LogP contribution in [0.3, 0.4) is 0 Å². The Kier molecular flexibility index (Phi) is 2.71. The van der Waals surface area contributed by atoms with E-state index in [1.807, 2.05) is 6.07 Å². The van der Waals surface area contributed by atoms with E-state index in [0.29, 0.717) is 22.6 Å². The third-order valence-corrected chi connectivity index (χ3v) is 2.42. The van der Waals surface area contributed by atoms with Crippen LogP contribution in [0.25, 0.3) is 11.3 Å². The number of benzene rings is 1. The third-order valence-electron chi connectivity index (χ3n) is 2.42. The van der Waals surface area contributed by atoms with Gasteiger partial charge in [-0.05, 0) is 24.3 Å². The summed E-state index contributed by atoms with van der Waals surface area (Å²) in [6.07, 6.45) is 0. The van der Waals surface area contributed by atoms with Gasteiger partial charge in [-0.2, -0.15) is 5.26 Å². The Hall–Kier alpha value is -2.48. The number of nitriles is 1. The molecule has 0 unspecified atom stereocenters. The summed E-state index contributed by atoms with van der Waals surface area (Å²) in [5, 5.41) is 8.80. The lowest BCUT2D eigenvalue weighted by molar-refractivity contribution is 0.415. The van der Waals surface area contributed by atoms with Gasteiger partial charge < -0.3 is 15.5 Å². The highest BCUT2D eigenvalue weighted by Crippen LogP contribution is 2.31. The van der Waals surface area contributed by atoms with E-state index in [0.717, 1.165) is 0 Å². The molecule has 0 aliphatic rings. The summed E-state index contributed by atoms with van der Waals surface area (Å²) >= 11 is 0. The van der Waals surface area contributed by atoms with E-state index in [-0.39, 0.29) is 11.6 Å². The number of aromatic amines is 1. The lowest BCUT2D eigenvalue weighted by Gasteiger charge is -2.06. The maximum absolute atomic E-state index is 13.2. The minimum absolute atomic E-state index is 0.258. The van der Waals surface area contributed by atoms with E-state index >= 15 is 0 Å². The molecule has 4 nitrogen and oxygen atoms in total. The highest BCUT2D eigenvalue weighted by Gasteiger charge is 2.11. The molecule has 3 N–H and O–H groups in total. The van der Waals surface area contributed by atoms with Crippen LogP contribution in [0.1, 0.15) is 5.56 Å². The van der Waals surface area contributed by atoms with Crippen molar-refractivity contribution in [2.45, 2.75) is 0 Å². The summed E-state index contributed by atoms with van der Waals surface area (Å²) in [5.74, 6) is 0.387. The lowest BCUT2D eigenvalue weighted by Crippen LogP contribution is -1.90. The van der Waals surface area contributed by atoms with Gasteiger partial charge in [0.15, 0.2) is 0 Å². The van der Waals surface area contributed by atoms with Crippen molar-refractivity contribution in [3.8, 4) is 23.1 Å². The van der Waals surface area contributed by atoms with Crippen molar-refractivity contribution in [1.29, 1.82) is 5.26 Å². The average Bonchev–Trinajstić information content (AvgIpc) is 2.70. The number of hydrogen-bond donors (Lipinski definition) is 2. The molecule has 0 fully saturated rings. The van der Waals surface area contributed by atoms with Gasteiger partial charge in [0.1, 0.15) is 23.5 Å². The molecule has 1 heterocycles. The highest BCUT2D eigenvalue weighted by molar-refractivity contribution is 5.72. The van der Waals surface area contributed by atoms with E-state index in [1.54, 1.807) is 6.07 Å². The number of anilines is 1. The molecule has 1 aromatic heterocycles. The molecule has 17 heavy (non-hydrogen) atoms. The van der Waals surface area contributed by atoms with E-state index in [2.05, 4.69) is 4.98 Å². The van der Waals surface area contributed by atoms with Gasteiger partial charge in [-0.25, -0.2) is 4.39 Å². The third kappa shape index (κ3) is 1.93. The Morgan fingerprint density at radius 3 is 2.76 bits per heavy atom. The highest BCUT2D eigenvalue weighted by atomic mass is 19.1. The predicted molar refractivity (Wildman–Crippen MR) is 61.9 cm³/mol. The lowest BCUT2D eigenvalue weighted by atomic mass is 10.1. The van der Waals surface area contributed by atoms with E-state index in [4.69, 9.17) is 15.7 Å². The molecule has 5 heteroatoms. The molecule has 0 bridgehead atoms. The van der Waals surface area contributed by atoms with Crippen LogP contribution in [0.2, 0.25) is 0 Å². The first-order valence-corrected chi connectivity index (χ1v) is 4.88. The largest absolute Gasteiger partial charge is 0.496 e. The molecule has 0 atom stereocenters. The second-order valence-electron chi connectivity index (χ2n) is 3.47. The summed E-state index contributed by atoms with van der Waals surface area (Å²) in [6, 6.07) is 7.66. The Labute approximate surface area is 97.4 Å². The molecule has 0 saturated carbocycles. The molecule has 0 aliphatic carbocycles. The summed E-state index contributed by atoms with van der Waals surface area (Å²) in [5.41, 5.74) is 7.01. The Morgan fingerprint density at radius 2 is 2.18 bits per heavy atom. The van der Waals surface area contributed by atoms with Crippen LogP contribution in [0.5, 0.6) is 5.75 Å². The van der Waals surface area contributed by atoms with Gasteiger partial charge in [0.05, 0.1) is 18.4 Å². The van der Waals surface area contributed by atoms with Crippen molar-refractivity contribution in [3.63, 3.8) is 0 Å². The summed E-state index contributed by atoms with van der Waals surface area (Å²) < 4.78 is 18.3. The number of nitrogens with zero attached hydrogens (tertiary/aromatic N) is 1. The van der Waals surface area contributed by atoms with E-state index in [9.17, 15) is 4.39 Å². The topological polar surface area (TPSA) is 74.8 Å². The molecular formula is C12H10FN3O. The second-order valence-corrected chi connectivity index (χ2v) is 3.47. The number of ether oxygens (including phenoxy) is 1. The zero-order valence-corrected chi connectivity index (χ0v) is 9.12. The summed E-state index contributed by atoms with van der Waals surface area (Å²) in [4.78, 5) is 2.82. The van der Waals surface area contributed by atoms with Crippen LogP contribution in [0.4, 0.5) is 10.2 Å². The van der Waals surface area contributed by atoms with Gasteiger partial charge in [-0.15, -0.1) is 0 Å². The molecule has 0 amide bonds. The van der Waals surface area contributed by atoms with Crippen LogP contribution in [0.15, 0.2) is 24.3 Å². The van der Waals surface area contributed by atoms with Crippen molar-refractivity contribution in [2.75, 3.05) is 12.8 Å². The predicted octanol–water partition coefficient (Wildman–Crippen LogP) is 2.28. The first-order chi connectivity index (χ1) is 8.15. The summed E-state index contributed by atoms with van der Waals surface area (Å²) in [6.45, 7) is 0. The van der Waals surface area contributed by atoms with Gasteiger partial charge >= 0.3 is 0 Å². The fraction of sp³-hybridized carbons (Fsp3) is 0.0833. The van der Waals surface area contributed by atoms with Gasteiger partial charge in [-0.1, -0.05) is 0 Å². The van der Waals surface area contributed by atoms with Crippen LogP contribution in [-0.2, 0) is 0 Å². The molecule has 0 saturated heterocycles. The van der Waals surface area contributed by atoms with Crippen LogP contribution >= 0.6 is 0 Å². The second kappa shape index (κ2) is 4.18. The zero-order chi connectivity index (χ0) is 12.4. The quantitative estimate of drug-likeness (QED) is 0.832. The number of nitrogens with two attached hydrogens (primary N) is 1. The first kappa shape index (κ1) is 11.0. The van der Waals surface area contributed by atoms with Crippen molar-refractivity contribution < 1.29 is 9.13 Å². The van der Waals surface area contributed by atoms with Crippen molar-refractivity contribution >= 4 is 5.82 Å². The molecule has 1 aromatic carbocycles. The molecule has 2 aromatic rings. The van der Waals surface area contributed by atoms with Crippen molar-refractivity contribution in [2.24, 2.45) is 0 Å². The fourth-order valence-corrected chi connectivity index (χ4v) is 1.60. The first-order valence-electron chi connectivity index (χ1n) is 4.88. The SMILES string of the molecule is COc1ccc(F)cc1-c1cc(C#N)c(N)[nH]1. The maximum Gasteiger partial charge on any atom is 0.128 e. The maximum atomic E-state index is 13.2. The number of nitrogens with one attached hydrogen (secondary N) is 1. The zero-order valence-electron chi connectivity index (χ0n) is 9.12. The standard InChI is InChI=1S/C12H10FN3O/c1-17-11-3-2-8(13)5-9(11)10-4-7(6-14)12(15)16-10/h2-5,16H,15H2,1H3. The van der Waals surface area contributed by atoms with Crippen molar-refractivity contribution in [3.05, 3.63) is 35.6 Å². The minimum atomic E-state index is -0.382. The Balaban J connectivity index is 2.59. The number of aromatic nitrogens is 1. The molecule has 0 spiro atoms. The van der Waals surface area contributed by atoms with Crippen LogP contribution in [-0.4, -0.2) is 12.1 Å². The number of rotatable bonds is 2. The molecule has 2 rings (SSSR count). The normalized spacial score (nSPS) is 9.94. The number of hydrogen-bond acceptors (Lipinski definition) is 3. The number of H-pyrrole nitrogens is 1. The smallest absolute Gasteiger partial charge is 0.128 e. The van der Waals surface area contributed by atoms with Crippen LogP contribution in [0, 0.1) is 17.1 Å². The minimum Gasteiger partial charge on any atom is -0.496 e. The van der Waals surface area contributed by atoms with Gasteiger partial charge in [-0.3, -0.25) is 0 Å². The number of methoxy groups -OCH3 is 1. The van der Waals surface area contributed by atoms with Crippen molar-refractivity contribution in [1.82, 2.24) is 4.98 Å². The summed E-state index contributed by atoms with van der Waals surface area (Å²) in [7, 11) is 1.49.